The number of pyridine rings is 2. The van der Waals surface area contributed by atoms with E-state index in [0.29, 0.717) is 29.9 Å². The van der Waals surface area contributed by atoms with Gasteiger partial charge in [0.1, 0.15) is 5.69 Å². The normalized spacial score (nSPS) is 16.8. The number of carbonyl (C=O) groups excluding carboxylic acids is 1. The smallest absolute Gasteiger partial charge is 0.275 e. The monoisotopic (exact) mass is 353 g/mol. The summed E-state index contributed by atoms with van der Waals surface area (Å²) in [5, 5.41) is 9.27. The Morgan fingerprint density at radius 3 is 3.08 bits per heavy atom. The number of hydrogen-bond acceptors (Lipinski definition) is 5. The molecular formula is C18H19N5O3. The van der Waals surface area contributed by atoms with Crippen LogP contribution in [0.4, 0.5) is 0 Å². The van der Waals surface area contributed by atoms with Crippen molar-refractivity contribution in [3.05, 3.63) is 58.4 Å². The number of aromatic amines is 1. The molecule has 26 heavy (non-hydrogen) atoms. The number of carbonyl (C=O) groups is 1. The van der Waals surface area contributed by atoms with Crippen LogP contribution in [-0.2, 0) is 17.8 Å². The van der Waals surface area contributed by atoms with Crippen molar-refractivity contribution in [2.75, 3.05) is 6.61 Å². The lowest BCUT2D eigenvalue weighted by Crippen LogP contribution is -2.26. The standard InChI is InChI=1S/C18H19N5O3/c24-17(20-8-12-4-1-2-6-19-12)14-10-23(9-13-5-3-7-26-13)11-15-16(14)21-22-18(15)25/h1-2,4,6,10-11,13H,3,5,7-9H2,(H,20,24)(H,22,25)/t13-/m0/s1. The van der Waals surface area contributed by atoms with Gasteiger partial charge in [-0.15, -0.1) is 0 Å². The summed E-state index contributed by atoms with van der Waals surface area (Å²) in [4.78, 5) is 28.9. The van der Waals surface area contributed by atoms with E-state index in [1.165, 1.54) is 0 Å². The van der Waals surface area contributed by atoms with Crippen molar-refractivity contribution in [1.82, 2.24) is 25.1 Å². The van der Waals surface area contributed by atoms with Gasteiger partial charge in [-0.3, -0.25) is 14.6 Å². The van der Waals surface area contributed by atoms with Crippen LogP contribution in [0.5, 0.6) is 0 Å². The number of fused-ring (bicyclic) bond motifs is 1. The lowest BCUT2D eigenvalue weighted by atomic mass is 10.1. The van der Waals surface area contributed by atoms with E-state index in [2.05, 4.69) is 20.5 Å². The average molecular weight is 353 g/mol. The predicted octanol–water partition coefficient (Wildman–Crippen LogP) is 1.18. The Morgan fingerprint density at radius 1 is 1.38 bits per heavy atom. The molecule has 2 N–H and O–H groups in total. The molecule has 0 aliphatic carbocycles. The number of hydrogen-bond donors (Lipinski definition) is 2. The van der Waals surface area contributed by atoms with Gasteiger partial charge < -0.3 is 14.6 Å². The number of nitrogens with one attached hydrogen (secondary N) is 2. The summed E-state index contributed by atoms with van der Waals surface area (Å²) in [7, 11) is 0. The fourth-order valence-corrected chi connectivity index (χ4v) is 3.15. The van der Waals surface area contributed by atoms with Gasteiger partial charge in [0.25, 0.3) is 11.5 Å². The van der Waals surface area contributed by atoms with Crippen LogP contribution in [0, 0.1) is 0 Å². The van der Waals surface area contributed by atoms with Crippen LogP contribution in [0.25, 0.3) is 11.3 Å². The van der Waals surface area contributed by atoms with E-state index in [4.69, 9.17) is 4.74 Å². The van der Waals surface area contributed by atoms with Crippen molar-refractivity contribution in [1.29, 1.82) is 0 Å². The molecule has 0 saturated carbocycles. The minimum absolute atomic E-state index is 0.101. The fourth-order valence-electron chi connectivity index (χ4n) is 3.15. The summed E-state index contributed by atoms with van der Waals surface area (Å²) in [5.74, 6) is -0.297. The van der Waals surface area contributed by atoms with Crippen LogP contribution >= 0.6 is 0 Å². The van der Waals surface area contributed by atoms with Crippen LogP contribution in [0.2, 0.25) is 0 Å². The van der Waals surface area contributed by atoms with Crippen LogP contribution in [0.1, 0.15) is 28.9 Å². The van der Waals surface area contributed by atoms with E-state index in [0.717, 1.165) is 25.1 Å². The zero-order chi connectivity index (χ0) is 17.9. The molecule has 0 radical (unpaired) electrons. The Balaban J connectivity index is 1.59. The molecule has 8 heteroatoms. The highest BCUT2D eigenvalue weighted by Crippen LogP contribution is 2.22. The van der Waals surface area contributed by atoms with Gasteiger partial charge in [-0.1, -0.05) is 6.07 Å². The second-order valence-corrected chi connectivity index (χ2v) is 6.32. The largest absolute Gasteiger partial charge is 0.376 e. The SMILES string of the molecule is O=C(NCc1ccccn1)c1cn(C[C@@H]2CCCO2)cc2c(=O)[nH]nc1-2. The first-order chi connectivity index (χ1) is 12.7. The van der Waals surface area contributed by atoms with Gasteiger partial charge in [-0.05, 0) is 25.0 Å². The molecular weight excluding hydrogens is 334 g/mol. The second kappa shape index (κ2) is 7.09. The minimum Gasteiger partial charge on any atom is -0.376 e. The third-order valence-corrected chi connectivity index (χ3v) is 4.45. The van der Waals surface area contributed by atoms with E-state index in [9.17, 15) is 9.59 Å². The highest BCUT2D eigenvalue weighted by Gasteiger charge is 2.23. The zero-order valence-corrected chi connectivity index (χ0v) is 14.1. The topological polar surface area (TPSA) is 102 Å². The van der Waals surface area contributed by atoms with Crippen molar-refractivity contribution in [2.45, 2.75) is 32.0 Å². The summed E-state index contributed by atoms with van der Waals surface area (Å²) in [6.45, 7) is 1.65. The van der Waals surface area contributed by atoms with Gasteiger partial charge >= 0.3 is 0 Å². The molecule has 134 valence electrons. The van der Waals surface area contributed by atoms with Gasteiger partial charge in [0.05, 0.1) is 29.5 Å². The highest BCUT2D eigenvalue weighted by atomic mass is 16.5. The van der Waals surface area contributed by atoms with Crippen molar-refractivity contribution in [3.8, 4) is 11.3 Å². The summed E-state index contributed by atoms with van der Waals surface area (Å²) in [5.41, 5.74) is 1.58. The van der Waals surface area contributed by atoms with Crippen LogP contribution in [0.3, 0.4) is 0 Å². The predicted molar refractivity (Wildman–Crippen MR) is 93.9 cm³/mol. The molecule has 0 aromatic carbocycles. The van der Waals surface area contributed by atoms with E-state index >= 15 is 0 Å². The van der Waals surface area contributed by atoms with Gasteiger partial charge in [0.15, 0.2) is 0 Å². The number of H-pyrrole nitrogens is 1. The highest BCUT2D eigenvalue weighted by molar-refractivity contribution is 5.99. The maximum Gasteiger partial charge on any atom is 0.275 e. The molecule has 0 unspecified atom stereocenters. The second-order valence-electron chi connectivity index (χ2n) is 6.32. The summed E-state index contributed by atoms with van der Waals surface area (Å²) in [6, 6.07) is 5.52. The molecule has 3 aliphatic rings. The van der Waals surface area contributed by atoms with Crippen molar-refractivity contribution in [3.63, 3.8) is 0 Å². The van der Waals surface area contributed by atoms with Gasteiger partial charge in [-0.2, -0.15) is 5.10 Å². The lowest BCUT2D eigenvalue weighted by Gasteiger charge is -2.16. The first-order valence-corrected chi connectivity index (χ1v) is 8.58. The number of rotatable bonds is 5. The molecule has 1 atom stereocenters. The molecule has 0 bridgehead atoms. The third kappa shape index (κ3) is 3.36. The number of aromatic nitrogens is 4. The Bertz CT molecular complexity index is 928. The maximum absolute atomic E-state index is 12.7. The maximum atomic E-state index is 12.7. The van der Waals surface area contributed by atoms with Crippen molar-refractivity contribution >= 4 is 5.91 Å². The third-order valence-electron chi connectivity index (χ3n) is 4.45. The van der Waals surface area contributed by atoms with Crippen LogP contribution < -0.4 is 10.9 Å². The Labute approximate surface area is 149 Å². The van der Waals surface area contributed by atoms with E-state index < -0.39 is 0 Å². The summed E-state index contributed by atoms with van der Waals surface area (Å²) in [6.07, 6.45) is 7.22. The molecule has 1 amide bonds. The summed E-state index contributed by atoms with van der Waals surface area (Å²) >= 11 is 0. The minimum atomic E-state index is -0.305. The van der Waals surface area contributed by atoms with Crippen molar-refractivity contribution in [2.24, 2.45) is 0 Å². The number of ether oxygens (including phenoxy) is 1. The van der Waals surface area contributed by atoms with Gasteiger partial charge in [0.2, 0.25) is 0 Å². The van der Waals surface area contributed by atoms with Gasteiger partial charge in [-0.25, -0.2) is 5.10 Å². The molecule has 1 saturated heterocycles. The Hall–Kier alpha value is -3.00. The van der Waals surface area contributed by atoms with E-state index in [-0.39, 0.29) is 17.6 Å². The Kier molecular flexibility index (Phi) is 4.49. The molecule has 3 aliphatic heterocycles. The zero-order valence-electron chi connectivity index (χ0n) is 14.1. The molecule has 1 aromatic heterocycles. The molecule has 8 nitrogen and oxygen atoms in total. The summed E-state index contributed by atoms with van der Waals surface area (Å²) < 4.78 is 7.49. The first kappa shape index (κ1) is 16.5. The van der Waals surface area contributed by atoms with Crippen LogP contribution in [-0.4, -0.2) is 38.4 Å². The molecule has 0 spiro atoms. The van der Waals surface area contributed by atoms with Crippen molar-refractivity contribution < 1.29 is 9.53 Å². The molecule has 4 rings (SSSR count). The number of nitrogens with zero attached hydrogens (tertiary/aromatic N) is 3. The fraction of sp³-hybridized carbons (Fsp3) is 0.333. The first-order valence-electron chi connectivity index (χ1n) is 8.58. The van der Waals surface area contributed by atoms with E-state index in [1.807, 2.05) is 22.8 Å². The van der Waals surface area contributed by atoms with Gasteiger partial charge in [0, 0.05) is 31.7 Å². The molecule has 1 fully saturated rings. The molecule has 4 heterocycles. The Morgan fingerprint density at radius 2 is 2.31 bits per heavy atom. The quantitative estimate of drug-likeness (QED) is 0.717. The number of amides is 1. The molecule has 1 aromatic rings. The van der Waals surface area contributed by atoms with E-state index in [1.54, 1.807) is 18.6 Å². The van der Waals surface area contributed by atoms with Crippen LogP contribution in [0.15, 0.2) is 41.6 Å². The lowest BCUT2D eigenvalue weighted by molar-refractivity contribution is 0.0935. The average Bonchev–Trinajstić information content (AvgIpc) is 3.30.